The second-order valence-corrected chi connectivity index (χ2v) is 6.90. The third kappa shape index (κ3) is 4.87. The van der Waals surface area contributed by atoms with Gasteiger partial charge in [0.1, 0.15) is 0 Å². The molecule has 2 rings (SSSR count). The molecule has 3 atom stereocenters. The molecule has 1 fully saturated rings. The maximum absolute atomic E-state index is 3.73. The Hall–Kier alpha value is -0.380. The number of hydrogen-bond donors (Lipinski definition) is 2. The predicted molar refractivity (Wildman–Crippen MR) is 90.0 cm³/mol. The predicted octanol–water partition coefficient (Wildman–Crippen LogP) is 4.41. The van der Waals surface area contributed by atoms with E-state index in [4.69, 9.17) is 0 Å². The van der Waals surface area contributed by atoms with Crippen LogP contribution in [0.3, 0.4) is 0 Å². The summed E-state index contributed by atoms with van der Waals surface area (Å²) in [6.45, 7) is 5.74. The van der Waals surface area contributed by atoms with Crippen LogP contribution in [0.1, 0.15) is 57.6 Å². The number of halogens is 1. The van der Waals surface area contributed by atoms with Crippen molar-refractivity contribution in [3.05, 3.63) is 34.3 Å². The van der Waals surface area contributed by atoms with Gasteiger partial charge in [-0.3, -0.25) is 0 Å². The molecule has 2 nitrogen and oxygen atoms in total. The fourth-order valence-corrected chi connectivity index (χ4v) is 3.77. The lowest BCUT2D eigenvalue weighted by atomic mass is 10.0. The lowest BCUT2D eigenvalue weighted by Crippen LogP contribution is -2.37. The average molecular weight is 339 g/mol. The summed E-state index contributed by atoms with van der Waals surface area (Å²) < 4.78 is 1.19. The van der Waals surface area contributed by atoms with Gasteiger partial charge >= 0.3 is 0 Å². The molecule has 2 N–H and O–H groups in total. The van der Waals surface area contributed by atoms with Crippen molar-refractivity contribution in [3.63, 3.8) is 0 Å². The van der Waals surface area contributed by atoms with Gasteiger partial charge in [0.25, 0.3) is 0 Å². The van der Waals surface area contributed by atoms with Crippen molar-refractivity contribution in [1.29, 1.82) is 0 Å². The third-order valence-electron chi connectivity index (χ3n) is 4.21. The van der Waals surface area contributed by atoms with Crippen LogP contribution in [0.2, 0.25) is 0 Å². The Labute approximate surface area is 131 Å². The van der Waals surface area contributed by atoms with Crippen LogP contribution in [0, 0.1) is 0 Å². The fraction of sp³-hybridized carbons (Fsp3) is 0.647. The van der Waals surface area contributed by atoms with Gasteiger partial charge in [-0.2, -0.15) is 0 Å². The van der Waals surface area contributed by atoms with E-state index < -0.39 is 0 Å². The van der Waals surface area contributed by atoms with Crippen LogP contribution in [0.15, 0.2) is 28.7 Å². The zero-order chi connectivity index (χ0) is 14.4. The van der Waals surface area contributed by atoms with Gasteiger partial charge in [0.05, 0.1) is 0 Å². The first-order valence-corrected chi connectivity index (χ1v) is 8.70. The normalized spacial score (nSPS) is 23.1. The first-order valence-electron chi connectivity index (χ1n) is 7.90. The van der Waals surface area contributed by atoms with Crippen molar-refractivity contribution in [1.82, 2.24) is 10.6 Å². The standard InChI is InChI=1S/C17H27BrN2/c1-13(12-15-8-4-3-7-11-19-15)20-14(2)16-9-5-6-10-17(16)18/h5-6,9-10,13-15,19-20H,3-4,7-8,11-12H2,1-2H3/t13?,14-,15?/m0/s1. The van der Waals surface area contributed by atoms with Gasteiger partial charge in [-0.05, 0) is 51.3 Å². The van der Waals surface area contributed by atoms with E-state index >= 15 is 0 Å². The minimum atomic E-state index is 0.381. The summed E-state index contributed by atoms with van der Waals surface area (Å²) in [5.74, 6) is 0. The van der Waals surface area contributed by atoms with Crippen molar-refractivity contribution >= 4 is 15.9 Å². The summed E-state index contributed by atoms with van der Waals surface area (Å²) in [5.41, 5.74) is 1.34. The van der Waals surface area contributed by atoms with Gasteiger partial charge in [-0.25, -0.2) is 0 Å². The van der Waals surface area contributed by atoms with Gasteiger partial charge in [0.2, 0.25) is 0 Å². The van der Waals surface area contributed by atoms with Crippen LogP contribution in [0.4, 0.5) is 0 Å². The van der Waals surface area contributed by atoms with Crippen molar-refractivity contribution < 1.29 is 0 Å². The number of hydrogen-bond acceptors (Lipinski definition) is 2. The zero-order valence-electron chi connectivity index (χ0n) is 12.7. The molecule has 1 aliphatic rings. The van der Waals surface area contributed by atoms with Crippen LogP contribution >= 0.6 is 15.9 Å². The molecule has 0 bridgehead atoms. The lowest BCUT2D eigenvalue weighted by molar-refractivity contribution is 0.380. The highest BCUT2D eigenvalue weighted by atomic mass is 79.9. The first-order chi connectivity index (χ1) is 9.66. The Balaban J connectivity index is 1.84. The Bertz CT molecular complexity index is 400. The third-order valence-corrected chi connectivity index (χ3v) is 4.93. The maximum Gasteiger partial charge on any atom is 0.0305 e. The maximum atomic E-state index is 3.73. The molecule has 2 unspecified atom stereocenters. The van der Waals surface area contributed by atoms with Crippen molar-refractivity contribution in [2.75, 3.05) is 6.54 Å². The highest BCUT2D eigenvalue weighted by Crippen LogP contribution is 2.23. The molecule has 112 valence electrons. The van der Waals surface area contributed by atoms with E-state index in [0.29, 0.717) is 18.1 Å². The monoisotopic (exact) mass is 338 g/mol. The molecule has 20 heavy (non-hydrogen) atoms. The molecule has 1 heterocycles. The minimum Gasteiger partial charge on any atom is -0.314 e. The number of rotatable bonds is 5. The molecule has 0 spiro atoms. The van der Waals surface area contributed by atoms with Crippen molar-refractivity contribution in [2.24, 2.45) is 0 Å². The highest BCUT2D eigenvalue weighted by molar-refractivity contribution is 9.10. The van der Waals surface area contributed by atoms with Gasteiger partial charge < -0.3 is 10.6 Å². The molecule has 1 aliphatic heterocycles. The van der Waals surface area contributed by atoms with Crippen LogP contribution in [0.25, 0.3) is 0 Å². The van der Waals surface area contributed by atoms with E-state index in [1.54, 1.807) is 0 Å². The van der Waals surface area contributed by atoms with Gasteiger partial charge in [0.15, 0.2) is 0 Å². The second kappa shape index (κ2) is 8.16. The molecule has 0 aromatic heterocycles. The molecule has 3 heteroatoms. The molecule has 0 aliphatic carbocycles. The molecule has 1 saturated heterocycles. The van der Waals surface area contributed by atoms with Crippen LogP contribution < -0.4 is 10.6 Å². The minimum absolute atomic E-state index is 0.381. The van der Waals surface area contributed by atoms with E-state index in [2.05, 4.69) is 64.7 Å². The summed E-state index contributed by atoms with van der Waals surface area (Å²) in [5, 5.41) is 7.42. The van der Waals surface area contributed by atoms with Crippen LogP contribution in [0.5, 0.6) is 0 Å². The van der Waals surface area contributed by atoms with E-state index in [1.807, 2.05) is 0 Å². The second-order valence-electron chi connectivity index (χ2n) is 6.05. The topological polar surface area (TPSA) is 24.1 Å². The highest BCUT2D eigenvalue weighted by Gasteiger charge is 2.17. The largest absolute Gasteiger partial charge is 0.314 e. The summed E-state index contributed by atoms with van der Waals surface area (Å²) >= 11 is 3.64. The molecular formula is C17H27BrN2. The smallest absolute Gasteiger partial charge is 0.0305 e. The van der Waals surface area contributed by atoms with Crippen molar-refractivity contribution in [2.45, 2.75) is 64.1 Å². The summed E-state index contributed by atoms with van der Waals surface area (Å²) in [7, 11) is 0. The summed E-state index contributed by atoms with van der Waals surface area (Å²) in [6.07, 6.45) is 6.65. The number of nitrogens with one attached hydrogen (secondary N) is 2. The lowest BCUT2D eigenvalue weighted by Gasteiger charge is -2.25. The Morgan fingerprint density at radius 1 is 1.25 bits per heavy atom. The van der Waals surface area contributed by atoms with Gasteiger partial charge in [-0.1, -0.05) is 47.0 Å². The Morgan fingerprint density at radius 2 is 2.05 bits per heavy atom. The molecule has 0 radical (unpaired) electrons. The van der Waals surface area contributed by atoms with E-state index in [0.717, 1.165) is 0 Å². The Morgan fingerprint density at radius 3 is 2.85 bits per heavy atom. The van der Waals surface area contributed by atoms with Crippen molar-refractivity contribution in [3.8, 4) is 0 Å². The fourth-order valence-electron chi connectivity index (χ4n) is 3.14. The van der Waals surface area contributed by atoms with Crippen LogP contribution in [-0.4, -0.2) is 18.6 Å². The summed E-state index contributed by atoms with van der Waals surface area (Å²) in [6, 6.07) is 10.1. The molecule has 1 aromatic rings. The van der Waals surface area contributed by atoms with Gasteiger partial charge in [-0.15, -0.1) is 0 Å². The average Bonchev–Trinajstić information content (AvgIpc) is 2.67. The van der Waals surface area contributed by atoms with E-state index in [-0.39, 0.29) is 0 Å². The number of benzene rings is 1. The molecule has 0 saturated carbocycles. The van der Waals surface area contributed by atoms with Crippen LogP contribution in [-0.2, 0) is 0 Å². The zero-order valence-corrected chi connectivity index (χ0v) is 14.2. The SMILES string of the molecule is CC(CC1CCCCCN1)N[C@@H](C)c1ccccc1Br. The molecule has 1 aromatic carbocycles. The molecular weight excluding hydrogens is 312 g/mol. The van der Waals surface area contributed by atoms with E-state index in [9.17, 15) is 0 Å². The summed E-state index contributed by atoms with van der Waals surface area (Å²) in [4.78, 5) is 0. The quantitative estimate of drug-likeness (QED) is 0.830. The molecule has 0 amide bonds. The van der Waals surface area contributed by atoms with Gasteiger partial charge in [0, 0.05) is 22.6 Å². The first kappa shape index (κ1) is 16.0. The van der Waals surface area contributed by atoms with E-state index in [1.165, 1.54) is 48.7 Å². The Kier molecular flexibility index (Phi) is 6.53.